The lowest BCUT2D eigenvalue weighted by Gasteiger charge is -2.19. The van der Waals surface area contributed by atoms with Crippen LogP contribution >= 0.6 is 15.9 Å². The number of sulfone groups is 1. The van der Waals surface area contributed by atoms with Crippen LogP contribution in [0.4, 0.5) is 0 Å². The summed E-state index contributed by atoms with van der Waals surface area (Å²) in [6.45, 7) is 2.92. The lowest BCUT2D eigenvalue weighted by atomic mass is 10.0. The zero-order valence-corrected chi connectivity index (χ0v) is 13.2. The Labute approximate surface area is 118 Å². The summed E-state index contributed by atoms with van der Waals surface area (Å²) < 4.78 is 23.4. The van der Waals surface area contributed by atoms with E-state index in [9.17, 15) is 8.42 Å². The molecule has 1 atom stereocenters. The van der Waals surface area contributed by atoms with Crippen molar-refractivity contribution in [2.45, 2.75) is 25.8 Å². The predicted octanol–water partition coefficient (Wildman–Crippen LogP) is 2.92. The number of halogens is 1. The second-order valence-electron chi connectivity index (χ2n) is 4.40. The maximum atomic E-state index is 11.1. The van der Waals surface area contributed by atoms with Gasteiger partial charge in [0.05, 0.1) is 0 Å². The molecule has 0 aliphatic rings. The van der Waals surface area contributed by atoms with Gasteiger partial charge >= 0.3 is 0 Å². The molecule has 0 bridgehead atoms. The highest BCUT2D eigenvalue weighted by molar-refractivity contribution is 9.10. The Morgan fingerprint density at radius 1 is 1.33 bits per heavy atom. The average Bonchev–Trinajstić information content (AvgIpc) is 2.27. The van der Waals surface area contributed by atoms with Crippen molar-refractivity contribution in [3.63, 3.8) is 0 Å². The van der Waals surface area contributed by atoms with Crippen LogP contribution in [0.3, 0.4) is 0 Å². The van der Waals surface area contributed by atoms with Gasteiger partial charge in [0.25, 0.3) is 0 Å². The fraction of sp³-hybridized carbons (Fsp3) is 0.538. The van der Waals surface area contributed by atoms with Crippen molar-refractivity contribution in [1.29, 1.82) is 0 Å². The van der Waals surface area contributed by atoms with E-state index in [1.165, 1.54) is 11.8 Å². The zero-order chi connectivity index (χ0) is 13.6. The third kappa shape index (κ3) is 5.50. The second kappa shape index (κ2) is 7.26. The molecule has 5 heteroatoms. The van der Waals surface area contributed by atoms with E-state index >= 15 is 0 Å². The third-order valence-corrected chi connectivity index (χ3v) is 4.49. The second-order valence-corrected chi connectivity index (χ2v) is 7.52. The molecular formula is C13H20BrNO2S. The number of rotatable bonds is 7. The summed E-state index contributed by atoms with van der Waals surface area (Å²) in [6, 6.07) is 8.26. The molecule has 1 N–H and O–H groups in total. The molecule has 0 saturated carbocycles. The molecule has 0 fully saturated rings. The molecule has 0 spiro atoms. The van der Waals surface area contributed by atoms with Gasteiger partial charge in [-0.2, -0.15) is 0 Å². The van der Waals surface area contributed by atoms with Gasteiger partial charge in [-0.05, 0) is 31.0 Å². The van der Waals surface area contributed by atoms with E-state index in [0.717, 1.165) is 17.4 Å². The Morgan fingerprint density at radius 2 is 2.00 bits per heavy atom. The molecule has 0 amide bonds. The maximum absolute atomic E-state index is 11.1. The first-order chi connectivity index (χ1) is 8.44. The molecule has 0 aliphatic heterocycles. The SMILES string of the molecule is CCNC(CCCS(C)(=O)=O)c1ccccc1Br. The molecular weight excluding hydrogens is 314 g/mol. The summed E-state index contributed by atoms with van der Waals surface area (Å²) in [4.78, 5) is 0. The van der Waals surface area contributed by atoms with Gasteiger partial charge in [-0.15, -0.1) is 0 Å². The molecule has 1 rings (SSSR count). The Bertz CT molecular complexity index is 474. The smallest absolute Gasteiger partial charge is 0.147 e. The van der Waals surface area contributed by atoms with Crippen LogP contribution in [0.2, 0.25) is 0 Å². The van der Waals surface area contributed by atoms with Gasteiger partial charge in [0.15, 0.2) is 0 Å². The van der Waals surface area contributed by atoms with Crippen LogP contribution in [0.1, 0.15) is 31.4 Å². The van der Waals surface area contributed by atoms with Gasteiger partial charge < -0.3 is 5.32 Å². The van der Waals surface area contributed by atoms with Crippen LogP contribution < -0.4 is 5.32 Å². The molecule has 1 aromatic carbocycles. The molecule has 1 aromatic rings. The van der Waals surface area contributed by atoms with Crippen molar-refractivity contribution in [3.05, 3.63) is 34.3 Å². The zero-order valence-electron chi connectivity index (χ0n) is 10.8. The molecule has 1 unspecified atom stereocenters. The van der Waals surface area contributed by atoms with Crippen LogP contribution in [0.25, 0.3) is 0 Å². The van der Waals surface area contributed by atoms with E-state index in [4.69, 9.17) is 0 Å². The van der Waals surface area contributed by atoms with Crippen LogP contribution in [0.5, 0.6) is 0 Å². The van der Waals surface area contributed by atoms with E-state index in [0.29, 0.717) is 6.42 Å². The largest absolute Gasteiger partial charge is 0.310 e. The summed E-state index contributed by atoms with van der Waals surface area (Å²) in [6.07, 6.45) is 2.79. The number of benzene rings is 1. The minimum atomic E-state index is -2.87. The van der Waals surface area contributed by atoms with E-state index < -0.39 is 9.84 Å². The van der Waals surface area contributed by atoms with Gasteiger partial charge in [0, 0.05) is 22.5 Å². The van der Waals surface area contributed by atoms with Crippen LogP contribution in [-0.4, -0.2) is 27.0 Å². The Kier molecular flexibility index (Phi) is 6.32. The quantitative estimate of drug-likeness (QED) is 0.834. The monoisotopic (exact) mass is 333 g/mol. The number of nitrogens with one attached hydrogen (secondary N) is 1. The molecule has 0 heterocycles. The van der Waals surface area contributed by atoms with Gasteiger partial charge in [-0.1, -0.05) is 41.1 Å². The first kappa shape index (κ1) is 15.7. The van der Waals surface area contributed by atoms with Gasteiger partial charge in [0.1, 0.15) is 9.84 Å². The molecule has 0 saturated heterocycles. The predicted molar refractivity (Wildman–Crippen MR) is 79.5 cm³/mol. The minimum absolute atomic E-state index is 0.201. The van der Waals surface area contributed by atoms with Crippen molar-refractivity contribution in [1.82, 2.24) is 5.32 Å². The first-order valence-electron chi connectivity index (χ1n) is 6.09. The summed E-state index contributed by atoms with van der Waals surface area (Å²) in [5, 5.41) is 3.40. The topological polar surface area (TPSA) is 46.2 Å². The van der Waals surface area contributed by atoms with E-state index in [1.807, 2.05) is 18.2 Å². The molecule has 0 aliphatic carbocycles. The van der Waals surface area contributed by atoms with Gasteiger partial charge in [0.2, 0.25) is 0 Å². The number of hydrogen-bond acceptors (Lipinski definition) is 3. The molecule has 18 heavy (non-hydrogen) atoms. The van der Waals surface area contributed by atoms with Crippen molar-refractivity contribution in [2.75, 3.05) is 18.6 Å². The van der Waals surface area contributed by atoms with E-state index in [2.05, 4.69) is 34.2 Å². The molecule has 0 radical (unpaired) electrons. The third-order valence-electron chi connectivity index (χ3n) is 2.74. The van der Waals surface area contributed by atoms with Gasteiger partial charge in [-0.3, -0.25) is 0 Å². The average molecular weight is 334 g/mol. The lowest BCUT2D eigenvalue weighted by Crippen LogP contribution is -2.22. The Morgan fingerprint density at radius 3 is 2.56 bits per heavy atom. The standard InChI is InChI=1S/C13H20BrNO2S/c1-3-15-13(9-6-10-18(2,16)17)11-7-4-5-8-12(11)14/h4-5,7-8,13,15H,3,6,9-10H2,1-2H3. The van der Waals surface area contributed by atoms with Crippen LogP contribution in [0.15, 0.2) is 28.7 Å². The Balaban J connectivity index is 2.69. The Hall–Kier alpha value is -0.390. The fourth-order valence-corrected chi connectivity index (χ4v) is 3.17. The minimum Gasteiger partial charge on any atom is -0.310 e. The van der Waals surface area contributed by atoms with Crippen LogP contribution in [-0.2, 0) is 9.84 Å². The highest BCUT2D eigenvalue weighted by atomic mass is 79.9. The highest BCUT2D eigenvalue weighted by Gasteiger charge is 2.13. The molecule has 0 aromatic heterocycles. The molecule has 102 valence electrons. The number of hydrogen-bond donors (Lipinski definition) is 1. The fourth-order valence-electron chi connectivity index (χ4n) is 1.92. The molecule has 3 nitrogen and oxygen atoms in total. The van der Waals surface area contributed by atoms with E-state index in [1.54, 1.807) is 0 Å². The lowest BCUT2D eigenvalue weighted by molar-refractivity contribution is 0.505. The summed E-state index contributed by atoms with van der Waals surface area (Å²) in [5.74, 6) is 0.249. The summed E-state index contributed by atoms with van der Waals surface area (Å²) >= 11 is 3.54. The van der Waals surface area contributed by atoms with Crippen molar-refractivity contribution < 1.29 is 8.42 Å². The highest BCUT2D eigenvalue weighted by Crippen LogP contribution is 2.26. The van der Waals surface area contributed by atoms with Crippen LogP contribution in [0, 0.1) is 0 Å². The van der Waals surface area contributed by atoms with Crippen molar-refractivity contribution >= 4 is 25.8 Å². The first-order valence-corrected chi connectivity index (χ1v) is 8.95. The van der Waals surface area contributed by atoms with Crippen molar-refractivity contribution in [3.8, 4) is 0 Å². The van der Waals surface area contributed by atoms with E-state index in [-0.39, 0.29) is 11.8 Å². The maximum Gasteiger partial charge on any atom is 0.147 e. The van der Waals surface area contributed by atoms with Crippen molar-refractivity contribution in [2.24, 2.45) is 0 Å². The summed E-state index contributed by atoms with van der Waals surface area (Å²) in [7, 11) is -2.87. The normalized spacial score (nSPS) is 13.5. The van der Waals surface area contributed by atoms with Gasteiger partial charge in [-0.25, -0.2) is 8.42 Å². The summed E-state index contributed by atoms with van der Waals surface area (Å²) in [5.41, 5.74) is 1.19.